The lowest BCUT2D eigenvalue weighted by Gasteiger charge is -2.16. The quantitative estimate of drug-likeness (QED) is 0.430. The van der Waals surface area contributed by atoms with Gasteiger partial charge in [0, 0.05) is 16.2 Å². The Kier molecular flexibility index (Phi) is 5.35. The van der Waals surface area contributed by atoms with Gasteiger partial charge in [-0.05, 0) is 47.2 Å². The smallest absolute Gasteiger partial charge is 0.204 e. The Hall–Kier alpha value is -2.94. The van der Waals surface area contributed by atoms with Crippen LogP contribution in [0.25, 0.3) is 11.6 Å². The third-order valence-electron chi connectivity index (χ3n) is 4.64. The number of hydrogen-bond acceptors (Lipinski definition) is 6. The van der Waals surface area contributed by atoms with Gasteiger partial charge in [0.2, 0.25) is 5.82 Å². The zero-order valence-corrected chi connectivity index (χ0v) is 18.2. The number of ether oxygens (including phenoxy) is 1. The zero-order chi connectivity index (χ0) is 21.4. The first-order valence-corrected chi connectivity index (χ1v) is 10.4. The van der Waals surface area contributed by atoms with Gasteiger partial charge in [0.1, 0.15) is 24.6 Å². The van der Waals surface area contributed by atoms with Crippen molar-refractivity contribution in [3.8, 4) is 5.75 Å². The van der Waals surface area contributed by atoms with Crippen LogP contribution in [-0.4, -0.2) is 41.8 Å². The summed E-state index contributed by atoms with van der Waals surface area (Å²) in [5.41, 5.74) is 3.38. The molecule has 8 nitrogen and oxygen atoms in total. The summed E-state index contributed by atoms with van der Waals surface area (Å²) >= 11 is 18.1. The first-order valence-electron chi connectivity index (χ1n) is 9.27. The highest BCUT2D eigenvalue weighted by atomic mass is 35.5. The maximum absolute atomic E-state index is 6.07. The summed E-state index contributed by atoms with van der Waals surface area (Å²) in [5.74, 6) is 1.27. The predicted molar refractivity (Wildman–Crippen MR) is 117 cm³/mol. The molecule has 3 heterocycles. The molecule has 0 unspecified atom stereocenters. The number of nitrogens with zero attached hydrogens (tertiary/aromatic N) is 7. The van der Waals surface area contributed by atoms with E-state index >= 15 is 0 Å². The van der Waals surface area contributed by atoms with Gasteiger partial charge < -0.3 is 4.74 Å². The molecule has 1 aliphatic rings. The van der Waals surface area contributed by atoms with Crippen molar-refractivity contribution >= 4 is 46.5 Å². The molecular weight excluding hydrogens is 461 g/mol. The number of hydrogen-bond donors (Lipinski definition) is 0. The average molecular weight is 475 g/mol. The Bertz CT molecular complexity index is 1300. The molecule has 0 atom stereocenters. The van der Waals surface area contributed by atoms with Crippen LogP contribution >= 0.6 is 34.8 Å². The van der Waals surface area contributed by atoms with Crippen molar-refractivity contribution in [2.24, 2.45) is 0 Å². The monoisotopic (exact) mass is 473 g/mol. The van der Waals surface area contributed by atoms with Crippen molar-refractivity contribution in [2.75, 3.05) is 6.61 Å². The molecule has 11 heteroatoms. The summed E-state index contributed by atoms with van der Waals surface area (Å²) in [6.45, 7) is 1.22. The Labute approximate surface area is 192 Å². The molecule has 4 aromatic rings. The maximum Gasteiger partial charge on any atom is 0.204 e. The number of benzene rings is 2. The second-order valence-electron chi connectivity index (χ2n) is 6.94. The van der Waals surface area contributed by atoms with E-state index in [4.69, 9.17) is 39.5 Å². The molecule has 0 amide bonds. The van der Waals surface area contributed by atoms with Crippen molar-refractivity contribution in [3.05, 3.63) is 80.3 Å². The second kappa shape index (κ2) is 8.30. The molecule has 0 fully saturated rings. The number of tetrazole rings is 1. The van der Waals surface area contributed by atoms with E-state index in [1.807, 2.05) is 36.5 Å². The highest BCUT2D eigenvalue weighted by molar-refractivity contribution is 6.42. The first kappa shape index (κ1) is 20.0. The lowest BCUT2D eigenvalue weighted by molar-refractivity contribution is 0.365. The number of fused-ring (bicyclic) bond motifs is 1. The number of aromatic nitrogens is 7. The molecule has 0 saturated heterocycles. The van der Waals surface area contributed by atoms with E-state index in [9.17, 15) is 0 Å². The molecule has 2 aromatic carbocycles. The fourth-order valence-electron chi connectivity index (χ4n) is 3.17. The van der Waals surface area contributed by atoms with Gasteiger partial charge in [-0.15, -0.1) is 15.3 Å². The zero-order valence-electron chi connectivity index (χ0n) is 15.9. The summed E-state index contributed by atoms with van der Waals surface area (Å²) in [4.78, 5) is 1.47. The summed E-state index contributed by atoms with van der Waals surface area (Å²) in [6, 6.07) is 10.9. The maximum atomic E-state index is 6.07. The van der Waals surface area contributed by atoms with Gasteiger partial charge in [0.15, 0.2) is 0 Å². The molecule has 5 rings (SSSR count). The fraction of sp³-hybridized carbons (Fsp3) is 0.150. The van der Waals surface area contributed by atoms with Crippen LogP contribution < -0.4 is 4.74 Å². The van der Waals surface area contributed by atoms with Gasteiger partial charge in [-0.25, -0.2) is 4.68 Å². The Balaban J connectivity index is 1.29. The number of rotatable bonds is 5. The van der Waals surface area contributed by atoms with Gasteiger partial charge in [-0.2, -0.15) is 4.80 Å². The van der Waals surface area contributed by atoms with Crippen molar-refractivity contribution in [3.63, 3.8) is 0 Å². The Morgan fingerprint density at radius 3 is 2.71 bits per heavy atom. The van der Waals surface area contributed by atoms with E-state index in [-0.39, 0.29) is 0 Å². The van der Waals surface area contributed by atoms with E-state index in [0.717, 1.165) is 22.4 Å². The first-order chi connectivity index (χ1) is 15.0. The fourth-order valence-corrected chi connectivity index (χ4v) is 3.68. The van der Waals surface area contributed by atoms with Crippen LogP contribution in [0.5, 0.6) is 5.75 Å². The summed E-state index contributed by atoms with van der Waals surface area (Å²) in [7, 11) is 0. The molecule has 0 N–H and O–H groups in total. The number of halogens is 3. The lowest BCUT2D eigenvalue weighted by Crippen LogP contribution is -2.08. The van der Waals surface area contributed by atoms with Crippen LogP contribution in [0.1, 0.15) is 22.6 Å². The molecule has 31 heavy (non-hydrogen) atoms. The lowest BCUT2D eigenvalue weighted by atomic mass is 10.1. The molecule has 0 spiro atoms. The van der Waals surface area contributed by atoms with Crippen molar-refractivity contribution in [1.82, 2.24) is 35.2 Å². The van der Waals surface area contributed by atoms with Gasteiger partial charge in [-0.3, -0.25) is 0 Å². The highest BCUT2D eigenvalue weighted by Gasteiger charge is 2.17. The molecule has 1 aliphatic heterocycles. The minimum absolute atomic E-state index is 0.338. The summed E-state index contributed by atoms with van der Waals surface area (Å²) in [5, 5.41) is 22.7. The van der Waals surface area contributed by atoms with Crippen LogP contribution in [-0.2, 0) is 13.1 Å². The standard InChI is InChI=1S/C20H14Cl3N7O/c21-15-2-4-19-13(7-15)6-14(11-31-19)20-25-28-30(26-20)10-16-9-29(27-24-16)8-12-1-3-17(22)18(23)5-12/h1-7,9H,8,10-11H2. The van der Waals surface area contributed by atoms with E-state index < -0.39 is 0 Å². The molecule has 0 aliphatic carbocycles. The normalized spacial score (nSPS) is 12.9. The van der Waals surface area contributed by atoms with Crippen LogP contribution in [0.2, 0.25) is 15.1 Å². The summed E-state index contributed by atoms with van der Waals surface area (Å²) < 4.78 is 7.47. The van der Waals surface area contributed by atoms with E-state index in [1.54, 1.807) is 16.8 Å². The molecule has 0 saturated carbocycles. The van der Waals surface area contributed by atoms with Crippen molar-refractivity contribution in [1.29, 1.82) is 0 Å². The second-order valence-corrected chi connectivity index (χ2v) is 8.19. The van der Waals surface area contributed by atoms with E-state index in [1.165, 1.54) is 4.80 Å². The van der Waals surface area contributed by atoms with Crippen LogP contribution in [0.4, 0.5) is 0 Å². The molecule has 2 aromatic heterocycles. The van der Waals surface area contributed by atoms with Crippen molar-refractivity contribution in [2.45, 2.75) is 13.1 Å². The van der Waals surface area contributed by atoms with Gasteiger partial charge in [0.25, 0.3) is 0 Å². The van der Waals surface area contributed by atoms with Gasteiger partial charge in [-0.1, -0.05) is 46.1 Å². The van der Waals surface area contributed by atoms with Crippen LogP contribution in [0.15, 0.2) is 42.6 Å². The van der Waals surface area contributed by atoms with E-state index in [2.05, 4.69) is 25.7 Å². The predicted octanol–water partition coefficient (Wildman–Crippen LogP) is 4.25. The SMILES string of the molecule is Clc1ccc2c(c1)C=C(c1nnn(Cc3cn(Cc4ccc(Cl)c(Cl)c4)nn3)n1)CO2. The van der Waals surface area contributed by atoms with Crippen LogP contribution in [0.3, 0.4) is 0 Å². The van der Waals surface area contributed by atoms with Gasteiger partial charge in [0.05, 0.1) is 22.8 Å². The Morgan fingerprint density at radius 1 is 0.935 bits per heavy atom. The highest BCUT2D eigenvalue weighted by Crippen LogP contribution is 2.31. The average Bonchev–Trinajstić information content (AvgIpc) is 3.40. The largest absolute Gasteiger partial charge is 0.488 e. The Morgan fingerprint density at radius 2 is 1.84 bits per heavy atom. The topological polar surface area (TPSA) is 83.5 Å². The molecule has 0 radical (unpaired) electrons. The minimum atomic E-state index is 0.338. The van der Waals surface area contributed by atoms with E-state index in [0.29, 0.717) is 46.3 Å². The summed E-state index contributed by atoms with van der Waals surface area (Å²) in [6.07, 6.45) is 3.78. The minimum Gasteiger partial charge on any atom is -0.488 e. The molecule has 156 valence electrons. The molecule has 0 bridgehead atoms. The van der Waals surface area contributed by atoms with Gasteiger partial charge >= 0.3 is 0 Å². The molecular formula is C20H14Cl3N7O. The third kappa shape index (κ3) is 4.41. The van der Waals surface area contributed by atoms with Crippen molar-refractivity contribution < 1.29 is 4.74 Å². The third-order valence-corrected chi connectivity index (χ3v) is 5.62. The van der Waals surface area contributed by atoms with Crippen LogP contribution in [0, 0.1) is 0 Å².